The van der Waals surface area contributed by atoms with Crippen molar-refractivity contribution in [1.82, 2.24) is 10.2 Å². The molecule has 0 atom stereocenters. The largest absolute Gasteiger partial charge is 0.408 e. The number of hydrogen-bond donors (Lipinski definition) is 2. The molecule has 82 valence electrons. The number of nitrogens with zero attached hydrogens (tertiary/aromatic N) is 2. The van der Waals surface area contributed by atoms with Crippen LogP contribution in [0.1, 0.15) is 16.2 Å². The van der Waals surface area contributed by atoms with Crippen LogP contribution in [0, 0.1) is 6.92 Å². The normalized spacial score (nSPS) is 10.1. The molecule has 2 rings (SSSR count). The standard InChI is InChI=1S/C10H10N4O2/c1-6-13-14-10(16-6)12-9(15)7-2-4-8(11)5-3-7/h2-5H,11H2,1H3,(H,12,14,15). The maximum atomic E-state index is 11.7. The van der Waals surface area contributed by atoms with Crippen LogP contribution in [0.2, 0.25) is 0 Å². The zero-order valence-corrected chi connectivity index (χ0v) is 8.60. The van der Waals surface area contributed by atoms with Crippen LogP contribution in [-0.4, -0.2) is 16.1 Å². The maximum Gasteiger partial charge on any atom is 0.322 e. The second-order valence-corrected chi connectivity index (χ2v) is 3.20. The van der Waals surface area contributed by atoms with Crippen LogP contribution < -0.4 is 11.1 Å². The Morgan fingerprint density at radius 1 is 1.31 bits per heavy atom. The molecular weight excluding hydrogens is 208 g/mol. The van der Waals surface area contributed by atoms with E-state index in [-0.39, 0.29) is 11.9 Å². The second-order valence-electron chi connectivity index (χ2n) is 3.20. The van der Waals surface area contributed by atoms with Gasteiger partial charge < -0.3 is 10.2 Å². The molecule has 3 N–H and O–H groups in total. The van der Waals surface area contributed by atoms with Gasteiger partial charge in [-0.1, -0.05) is 5.10 Å². The molecule has 2 aromatic rings. The van der Waals surface area contributed by atoms with Crippen LogP contribution >= 0.6 is 0 Å². The van der Waals surface area contributed by atoms with Crippen molar-refractivity contribution >= 4 is 17.6 Å². The molecule has 1 aromatic heterocycles. The highest BCUT2D eigenvalue weighted by atomic mass is 16.4. The molecule has 0 aliphatic heterocycles. The molecule has 0 aliphatic carbocycles. The summed E-state index contributed by atoms with van der Waals surface area (Å²) < 4.78 is 5.02. The van der Waals surface area contributed by atoms with Crippen molar-refractivity contribution in [2.24, 2.45) is 0 Å². The Bertz CT molecular complexity index is 504. The number of nitrogens with two attached hydrogens (primary N) is 1. The van der Waals surface area contributed by atoms with Gasteiger partial charge in [0.2, 0.25) is 5.89 Å². The van der Waals surface area contributed by atoms with Crippen molar-refractivity contribution in [3.63, 3.8) is 0 Å². The van der Waals surface area contributed by atoms with Crippen LogP contribution in [0.5, 0.6) is 0 Å². The molecule has 1 aromatic carbocycles. The highest BCUT2D eigenvalue weighted by Gasteiger charge is 2.09. The summed E-state index contributed by atoms with van der Waals surface area (Å²) in [4.78, 5) is 11.7. The molecule has 6 heteroatoms. The summed E-state index contributed by atoms with van der Waals surface area (Å²) in [6, 6.07) is 6.61. The zero-order valence-electron chi connectivity index (χ0n) is 8.60. The van der Waals surface area contributed by atoms with E-state index in [1.54, 1.807) is 31.2 Å². The summed E-state index contributed by atoms with van der Waals surface area (Å²) in [5.41, 5.74) is 6.59. The fourth-order valence-corrected chi connectivity index (χ4v) is 1.15. The summed E-state index contributed by atoms with van der Waals surface area (Å²) in [6.07, 6.45) is 0. The van der Waals surface area contributed by atoms with Crippen LogP contribution in [0.25, 0.3) is 0 Å². The Kier molecular flexibility index (Phi) is 2.55. The minimum atomic E-state index is -0.316. The molecule has 0 radical (unpaired) electrons. The topological polar surface area (TPSA) is 94.0 Å². The van der Waals surface area contributed by atoms with Gasteiger partial charge in [0.05, 0.1) is 0 Å². The molecule has 1 heterocycles. The molecule has 0 unspecified atom stereocenters. The fraction of sp³-hybridized carbons (Fsp3) is 0.100. The number of nitrogens with one attached hydrogen (secondary N) is 1. The lowest BCUT2D eigenvalue weighted by molar-refractivity contribution is 0.102. The average Bonchev–Trinajstić information content (AvgIpc) is 2.65. The van der Waals surface area contributed by atoms with Crippen LogP contribution in [0.3, 0.4) is 0 Å². The summed E-state index contributed by atoms with van der Waals surface area (Å²) in [5, 5.41) is 9.73. The first kappa shape index (κ1) is 10.2. The monoisotopic (exact) mass is 218 g/mol. The van der Waals surface area contributed by atoms with Crippen molar-refractivity contribution < 1.29 is 9.21 Å². The predicted octanol–water partition coefficient (Wildman–Crippen LogP) is 1.21. The molecule has 1 amide bonds. The number of amides is 1. The quantitative estimate of drug-likeness (QED) is 0.739. The number of aryl methyl sites for hydroxylation is 1. The van der Waals surface area contributed by atoms with Gasteiger partial charge in [0, 0.05) is 18.2 Å². The zero-order chi connectivity index (χ0) is 11.5. The molecule has 6 nitrogen and oxygen atoms in total. The third kappa shape index (κ3) is 2.17. The number of rotatable bonds is 2. The van der Waals surface area contributed by atoms with E-state index in [4.69, 9.17) is 10.2 Å². The lowest BCUT2D eigenvalue weighted by Gasteiger charge is -2.00. The smallest absolute Gasteiger partial charge is 0.322 e. The van der Waals surface area contributed by atoms with Crippen molar-refractivity contribution in [2.75, 3.05) is 11.1 Å². The predicted molar refractivity (Wildman–Crippen MR) is 57.8 cm³/mol. The third-order valence-electron chi connectivity index (χ3n) is 1.92. The number of hydrogen-bond acceptors (Lipinski definition) is 5. The summed E-state index contributed by atoms with van der Waals surface area (Å²) in [7, 11) is 0. The second kappa shape index (κ2) is 4.01. The van der Waals surface area contributed by atoms with Gasteiger partial charge in [-0.2, -0.15) is 0 Å². The SMILES string of the molecule is Cc1nnc(NC(=O)c2ccc(N)cc2)o1. The van der Waals surface area contributed by atoms with E-state index in [9.17, 15) is 4.79 Å². The van der Waals surface area contributed by atoms with Gasteiger partial charge in [0.1, 0.15) is 0 Å². The lowest BCUT2D eigenvalue weighted by Crippen LogP contribution is -2.12. The highest BCUT2D eigenvalue weighted by molar-refractivity contribution is 6.03. The fourth-order valence-electron chi connectivity index (χ4n) is 1.15. The number of carbonyl (C=O) groups is 1. The number of carbonyl (C=O) groups excluding carboxylic acids is 1. The van der Waals surface area contributed by atoms with E-state index in [1.165, 1.54) is 0 Å². The van der Waals surface area contributed by atoms with Crippen LogP contribution in [0.15, 0.2) is 28.7 Å². The Balaban J connectivity index is 2.11. The highest BCUT2D eigenvalue weighted by Crippen LogP contribution is 2.09. The maximum absolute atomic E-state index is 11.7. The Labute approximate surface area is 91.5 Å². The Morgan fingerprint density at radius 3 is 2.56 bits per heavy atom. The van der Waals surface area contributed by atoms with Gasteiger partial charge in [-0.05, 0) is 24.3 Å². The van der Waals surface area contributed by atoms with Crippen molar-refractivity contribution in [3.8, 4) is 0 Å². The number of nitrogen functional groups attached to an aromatic ring is 1. The Morgan fingerprint density at radius 2 is 2.00 bits per heavy atom. The van der Waals surface area contributed by atoms with Gasteiger partial charge in [-0.3, -0.25) is 10.1 Å². The van der Waals surface area contributed by atoms with E-state index in [2.05, 4.69) is 15.5 Å². The molecule has 0 saturated carbocycles. The molecular formula is C10H10N4O2. The van der Waals surface area contributed by atoms with Gasteiger partial charge in [0.25, 0.3) is 5.91 Å². The van der Waals surface area contributed by atoms with E-state index >= 15 is 0 Å². The molecule has 0 bridgehead atoms. The number of benzene rings is 1. The Hall–Kier alpha value is -2.37. The minimum absolute atomic E-state index is 0.0827. The van der Waals surface area contributed by atoms with Crippen LogP contribution in [-0.2, 0) is 0 Å². The van der Waals surface area contributed by atoms with Crippen molar-refractivity contribution in [1.29, 1.82) is 0 Å². The van der Waals surface area contributed by atoms with Crippen molar-refractivity contribution in [3.05, 3.63) is 35.7 Å². The molecule has 0 fully saturated rings. The van der Waals surface area contributed by atoms with Gasteiger partial charge in [-0.25, -0.2) is 0 Å². The van der Waals surface area contributed by atoms with E-state index < -0.39 is 0 Å². The number of anilines is 2. The van der Waals surface area contributed by atoms with Crippen LogP contribution in [0.4, 0.5) is 11.7 Å². The van der Waals surface area contributed by atoms with Gasteiger partial charge in [0.15, 0.2) is 0 Å². The van der Waals surface area contributed by atoms with E-state index in [0.29, 0.717) is 17.1 Å². The number of aromatic nitrogens is 2. The summed E-state index contributed by atoms with van der Waals surface area (Å²) >= 11 is 0. The van der Waals surface area contributed by atoms with E-state index in [1.807, 2.05) is 0 Å². The third-order valence-corrected chi connectivity index (χ3v) is 1.92. The van der Waals surface area contributed by atoms with Gasteiger partial charge >= 0.3 is 6.01 Å². The average molecular weight is 218 g/mol. The summed E-state index contributed by atoms with van der Waals surface area (Å²) in [5.74, 6) is 0.0799. The first-order valence-electron chi connectivity index (χ1n) is 4.62. The van der Waals surface area contributed by atoms with E-state index in [0.717, 1.165) is 0 Å². The van der Waals surface area contributed by atoms with Crippen molar-refractivity contribution in [2.45, 2.75) is 6.92 Å². The summed E-state index contributed by atoms with van der Waals surface area (Å²) in [6.45, 7) is 1.64. The molecule has 16 heavy (non-hydrogen) atoms. The molecule has 0 spiro atoms. The first-order valence-corrected chi connectivity index (χ1v) is 4.62. The lowest BCUT2D eigenvalue weighted by atomic mass is 10.2. The minimum Gasteiger partial charge on any atom is -0.408 e. The van der Waals surface area contributed by atoms with Gasteiger partial charge in [-0.15, -0.1) is 5.10 Å². The first-order chi connectivity index (χ1) is 7.65. The molecule has 0 saturated heterocycles. The molecule has 0 aliphatic rings.